The van der Waals surface area contributed by atoms with Crippen LogP contribution in [0.15, 0.2) is 59.8 Å². The van der Waals surface area contributed by atoms with Crippen LogP contribution >= 0.6 is 11.8 Å². The summed E-state index contributed by atoms with van der Waals surface area (Å²) in [5.41, 5.74) is 4.39. The lowest BCUT2D eigenvalue weighted by Crippen LogP contribution is -2.11. The molecule has 138 valence electrons. The largest absolute Gasteiger partial charge is 0.497 e. The van der Waals surface area contributed by atoms with Crippen molar-refractivity contribution in [3.05, 3.63) is 77.1 Å². The monoisotopic (exact) mass is 379 g/mol. The summed E-state index contributed by atoms with van der Waals surface area (Å²) in [6.07, 6.45) is 0. The Morgan fingerprint density at radius 1 is 1.00 bits per heavy atom. The summed E-state index contributed by atoms with van der Waals surface area (Å²) in [5.74, 6) is 1.36. The molecule has 1 amide bonds. The molecule has 6 heteroatoms. The number of benzene rings is 2. The van der Waals surface area contributed by atoms with Crippen molar-refractivity contribution < 1.29 is 9.53 Å². The number of carbonyl (C=O) groups excluding carboxylic acids is 1. The molecule has 1 N–H and O–H groups in total. The Kier molecular flexibility index (Phi) is 6.08. The van der Waals surface area contributed by atoms with E-state index >= 15 is 0 Å². The second-order valence-electron chi connectivity index (χ2n) is 6.10. The standard InChI is InChI=1S/C21H21N3O2S/c1-14-12-15(2)23-21(22-14)27-13-16-4-6-17(7-5-16)20(25)24-18-8-10-19(26-3)11-9-18/h4-12H,13H2,1-3H3,(H,24,25). The average molecular weight is 379 g/mol. The number of hydrogen-bond acceptors (Lipinski definition) is 5. The molecular weight excluding hydrogens is 358 g/mol. The van der Waals surface area contributed by atoms with Crippen LogP contribution in [0.3, 0.4) is 0 Å². The maximum Gasteiger partial charge on any atom is 0.255 e. The molecule has 0 fully saturated rings. The van der Waals surface area contributed by atoms with Gasteiger partial charge in [-0.2, -0.15) is 0 Å². The first-order chi connectivity index (χ1) is 13.0. The minimum atomic E-state index is -0.142. The number of nitrogens with zero attached hydrogens (tertiary/aromatic N) is 2. The number of aromatic nitrogens is 2. The van der Waals surface area contributed by atoms with Gasteiger partial charge in [-0.3, -0.25) is 4.79 Å². The van der Waals surface area contributed by atoms with Crippen LogP contribution in [0.2, 0.25) is 0 Å². The van der Waals surface area contributed by atoms with Gasteiger partial charge in [0.05, 0.1) is 7.11 Å². The number of amides is 1. The van der Waals surface area contributed by atoms with Gasteiger partial charge in [0.1, 0.15) is 5.75 Å². The number of thioether (sulfide) groups is 1. The van der Waals surface area contributed by atoms with Crippen LogP contribution in [-0.2, 0) is 5.75 Å². The summed E-state index contributed by atoms with van der Waals surface area (Å²) in [6.45, 7) is 3.93. The van der Waals surface area contributed by atoms with E-state index in [0.29, 0.717) is 5.56 Å². The van der Waals surface area contributed by atoms with Gasteiger partial charge in [0.25, 0.3) is 5.91 Å². The van der Waals surface area contributed by atoms with E-state index in [1.54, 1.807) is 18.9 Å². The van der Waals surface area contributed by atoms with E-state index in [0.717, 1.165) is 39.3 Å². The number of hydrogen-bond donors (Lipinski definition) is 1. The van der Waals surface area contributed by atoms with Gasteiger partial charge in [0.2, 0.25) is 0 Å². The molecule has 0 aliphatic carbocycles. The second kappa shape index (κ2) is 8.68. The third-order valence-corrected chi connectivity index (χ3v) is 4.81. The maximum absolute atomic E-state index is 12.4. The number of methoxy groups -OCH3 is 1. The summed E-state index contributed by atoms with van der Waals surface area (Å²) < 4.78 is 5.12. The van der Waals surface area contributed by atoms with Gasteiger partial charge in [0, 0.05) is 28.4 Å². The van der Waals surface area contributed by atoms with Gasteiger partial charge in [-0.05, 0) is 61.9 Å². The fourth-order valence-electron chi connectivity index (χ4n) is 2.54. The lowest BCUT2D eigenvalue weighted by molar-refractivity contribution is 0.102. The molecule has 0 radical (unpaired) electrons. The van der Waals surface area contributed by atoms with Gasteiger partial charge < -0.3 is 10.1 Å². The van der Waals surface area contributed by atoms with Crippen LogP contribution < -0.4 is 10.1 Å². The Balaban J connectivity index is 1.59. The molecule has 0 bridgehead atoms. The molecule has 5 nitrogen and oxygen atoms in total. The predicted octanol–water partition coefficient (Wildman–Crippen LogP) is 4.65. The molecule has 1 aromatic heterocycles. The van der Waals surface area contributed by atoms with Crippen molar-refractivity contribution in [1.29, 1.82) is 0 Å². The summed E-state index contributed by atoms with van der Waals surface area (Å²) >= 11 is 1.59. The van der Waals surface area contributed by atoms with Crippen molar-refractivity contribution in [2.45, 2.75) is 24.8 Å². The first kappa shape index (κ1) is 18.9. The van der Waals surface area contributed by atoms with Crippen molar-refractivity contribution >= 4 is 23.4 Å². The molecule has 0 atom stereocenters. The molecule has 0 saturated heterocycles. The molecule has 2 aromatic carbocycles. The van der Waals surface area contributed by atoms with E-state index < -0.39 is 0 Å². The highest BCUT2D eigenvalue weighted by atomic mass is 32.2. The number of aryl methyl sites for hydroxylation is 2. The van der Waals surface area contributed by atoms with Crippen LogP contribution in [0.4, 0.5) is 5.69 Å². The molecule has 1 heterocycles. The van der Waals surface area contributed by atoms with Crippen molar-refractivity contribution in [3.8, 4) is 5.75 Å². The third-order valence-electron chi connectivity index (χ3n) is 3.89. The Morgan fingerprint density at radius 2 is 1.63 bits per heavy atom. The molecular formula is C21H21N3O2S. The molecule has 0 unspecified atom stereocenters. The Labute approximate surface area is 163 Å². The smallest absolute Gasteiger partial charge is 0.255 e. The SMILES string of the molecule is COc1ccc(NC(=O)c2ccc(CSc3nc(C)cc(C)n3)cc2)cc1. The molecule has 0 aliphatic rings. The van der Waals surface area contributed by atoms with Gasteiger partial charge in [-0.1, -0.05) is 23.9 Å². The highest BCUT2D eigenvalue weighted by Gasteiger charge is 2.07. The van der Waals surface area contributed by atoms with Crippen molar-refractivity contribution in [1.82, 2.24) is 9.97 Å². The first-order valence-corrected chi connectivity index (χ1v) is 9.51. The minimum Gasteiger partial charge on any atom is -0.497 e. The normalized spacial score (nSPS) is 10.5. The number of anilines is 1. The van der Waals surface area contributed by atoms with Crippen LogP contribution in [0.5, 0.6) is 5.75 Å². The van der Waals surface area contributed by atoms with Crippen LogP contribution in [0.1, 0.15) is 27.3 Å². The molecule has 27 heavy (non-hydrogen) atoms. The molecule has 0 aliphatic heterocycles. The predicted molar refractivity (Wildman–Crippen MR) is 108 cm³/mol. The van der Waals surface area contributed by atoms with E-state index in [4.69, 9.17) is 4.74 Å². The van der Waals surface area contributed by atoms with Crippen molar-refractivity contribution in [2.75, 3.05) is 12.4 Å². The Bertz CT molecular complexity index is 905. The van der Waals surface area contributed by atoms with Crippen LogP contribution in [0, 0.1) is 13.8 Å². The topological polar surface area (TPSA) is 64.1 Å². The average Bonchev–Trinajstić information content (AvgIpc) is 2.66. The fraction of sp³-hybridized carbons (Fsp3) is 0.190. The first-order valence-electron chi connectivity index (χ1n) is 8.53. The van der Waals surface area contributed by atoms with E-state index in [2.05, 4.69) is 15.3 Å². The Morgan fingerprint density at radius 3 is 2.22 bits per heavy atom. The zero-order valence-corrected chi connectivity index (χ0v) is 16.3. The molecule has 0 spiro atoms. The lowest BCUT2D eigenvalue weighted by atomic mass is 10.1. The van der Waals surface area contributed by atoms with Crippen LogP contribution in [-0.4, -0.2) is 23.0 Å². The van der Waals surface area contributed by atoms with Gasteiger partial charge in [0.15, 0.2) is 5.16 Å². The molecule has 3 rings (SSSR count). The minimum absolute atomic E-state index is 0.142. The number of carbonyl (C=O) groups is 1. The molecule has 3 aromatic rings. The number of rotatable bonds is 6. The second-order valence-corrected chi connectivity index (χ2v) is 7.04. The molecule has 0 saturated carbocycles. The highest BCUT2D eigenvalue weighted by Crippen LogP contribution is 2.21. The Hall–Kier alpha value is -2.86. The summed E-state index contributed by atoms with van der Waals surface area (Å²) in [7, 11) is 1.61. The number of nitrogens with one attached hydrogen (secondary N) is 1. The summed E-state index contributed by atoms with van der Waals surface area (Å²) in [4.78, 5) is 21.2. The van der Waals surface area contributed by atoms with Crippen molar-refractivity contribution in [3.63, 3.8) is 0 Å². The van der Waals surface area contributed by atoms with Crippen LogP contribution in [0.25, 0.3) is 0 Å². The highest BCUT2D eigenvalue weighted by molar-refractivity contribution is 7.98. The van der Waals surface area contributed by atoms with E-state index in [1.807, 2.05) is 68.4 Å². The van der Waals surface area contributed by atoms with E-state index in [-0.39, 0.29) is 5.91 Å². The van der Waals surface area contributed by atoms with Crippen molar-refractivity contribution in [2.24, 2.45) is 0 Å². The van der Waals surface area contributed by atoms with E-state index in [1.165, 1.54) is 0 Å². The van der Waals surface area contributed by atoms with Gasteiger partial charge >= 0.3 is 0 Å². The fourth-order valence-corrected chi connectivity index (χ4v) is 3.44. The third kappa shape index (κ3) is 5.31. The zero-order chi connectivity index (χ0) is 19.2. The summed E-state index contributed by atoms with van der Waals surface area (Å²) in [6, 6.07) is 16.8. The zero-order valence-electron chi connectivity index (χ0n) is 15.5. The van der Waals surface area contributed by atoms with Gasteiger partial charge in [-0.25, -0.2) is 9.97 Å². The number of ether oxygens (including phenoxy) is 1. The quantitative estimate of drug-likeness (QED) is 0.499. The summed E-state index contributed by atoms with van der Waals surface area (Å²) in [5, 5.41) is 3.65. The maximum atomic E-state index is 12.4. The van der Waals surface area contributed by atoms with Gasteiger partial charge in [-0.15, -0.1) is 0 Å². The van der Waals surface area contributed by atoms with E-state index in [9.17, 15) is 4.79 Å². The lowest BCUT2D eigenvalue weighted by Gasteiger charge is -2.07.